The molecular formula is C19H23N5O2. The molecule has 7 heteroatoms. The number of nitrogens with zero attached hydrogens (tertiary/aromatic N) is 4. The molecule has 1 aromatic heterocycles. The zero-order chi connectivity index (χ0) is 18.7. The third-order valence-corrected chi connectivity index (χ3v) is 4.55. The van der Waals surface area contributed by atoms with Gasteiger partial charge in [-0.1, -0.05) is 12.1 Å². The van der Waals surface area contributed by atoms with Crippen LogP contribution in [0.5, 0.6) is 0 Å². The van der Waals surface area contributed by atoms with E-state index in [1.165, 1.54) is 0 Å². The second-order valence-corrected chi connectivity index (χ2v) is 6.54. The molecule has 136 valence electrons. The van der Waals surface area contributed by atoms with Gasteiger partial charge in [0.2, 0.25) is 11.9 Å². The number of anilines is 2. The maximum Gasteiger partial charge on any atom is 0.258 e. The summed E-state index contributed by atoms with van der Waals surface area (Å²) in [5.41, 5.74) is 3.29. The highest BCUT2D eigenvalue weighted by Crippen LogP contribution is 2.18. The fourth-order valence-corrected chi connectivity index (χ4v) is 2.89. The molecule has 2 aromatic rings. The minimum atomic E-state index is -0.230. The van der Waals surface area contributed by atoms with Gasteiger partial charge in [-0.2, -0.15) is 0 Å². The van der Waals surface area contributed by atoms with Gasteiger partial charge in [-0.05, 0) is 31.0 Å². The number of hydrogen-bond donors (Lipinski definition) is 1. The second kappa shape index (κ2) is 7.51. The summed E-state index contributed by atoms with van der Waals surface area (Å²) < 4.78 is 0. The summed E-state index contributed by atoms with van der Waals surface area (Å²) in [6.07, 6.45) is 3.08. The third kappa shape index (κ3) is 3.99. The van der Waals surface area contributed by atoms with E-state index in [9.17, 15) is 9.59 Å². The van der Waals surface area contributed by atoms with Crippen molar-refractivity contribution in [2.75, 3.05) is 36.4 Å². The van der Waals surface area contributed by atoms with Gasteiger partial charge < -0.3 is 15.1 Å². The first-order valence-electron chi connectivity index (χ1n) is 8.65. The van der Waals surface area contributed by atoms with E-state index in [0.29, 0.717) is 37.7 Å². The van der Waals surface area contributed by atoms with Gasteiger partial charge in [0.15, 0.2) is 0 Å². The van der Waals surface area contributed by atoms with Gasteiger partial charge in [0.05, 0.1) is 5.56 Å². The fourth-order valence-electron chi connectivity index (χ4n) is 2.89. The van der Waals surface area contributed by atoms with Gasteiger partial charge in [0, 0.05) is 51.2 Å². The minimum Gasteiger partial charge on any atom is -0.339 e. The van der Waals surface area contributed by atoms with Gasteiger partial charge in [-0.15, -0.1) is 0 Å². The molecule has 0 unspecified atom stereocenters. The van der Waals surface area contributed by atoms with E-state index in [0.717, 1.165) is 16.8 Å². The summed E-state index contributed by atoms with van der Waals surface area (Å²) >= 11 is 0. The van der Waals surface area contributed by atoms with Gasteiger partial charge in [0.25, 0.3) is 5.91 Å². The first kappa shape index (κ1) is 17.8. The number of carbonyl (C=O) groups excluding carboxylic acids is 2. The van der Waals surface area contributed by atoms with Crippen molar-refractivity contribution < 1.29 is 9.59 Å². The molecule has 0 spiro atoms. The highest BCUT2D eigenvalue weighted by atomic mass is 16.2. The Morgan fingerprint density at radius 3 is 2.31 bits per heavy atom. The molecule has 7 nitrogen and oxygen atoms in total. The van der Waals surface area contributed by atoms with Crippen LogP contribution in [0.15, 0.2) is 30.6 Å². The van der Waals surface area contributed by atoms with E-state index in [1.807, 2.05) is 41.8 Å². The summed E-state index contributed by atoms with van der Waals surface area (Å²) in [4.78, 5) is 36.3. The van der Waals surface area contributed by atoms with Crippen LogP contribution in [-0.2, 0) is 4.79 Å². The quantitative estimate of drug-likeness (QED) is 0.913. The van der Waals surface area contributed by atoms with Crippen LogP contribution in [0.4, 0.5) is 11.6 Å². The van der Waals surface area contributed by atoms with Gasteiger partial charge in [-0.3, -0.25) is 9.59 Å². The van der Waals surface area contributed by atoms with E-state index >= 15 is 0 Å². The molecule has 3 rings (SSSR count). The molecule has 0 aliphatic carbocycles. The summed E-state index contributed by atoms with van der Waals surface area (Å²) in [5, 5.41) is 2.91. The number of carbonyl (C=O) groups is 2. The molecule has 2 amide bonds. The zero-order valence-electron chi connectivity index (χ0n) is 15.3. The van der Waals surface area contributed by atoms with Crippen molar-refractivity contribution in [3.05, 3.63) is 47.3 Å². The lowest BCUT2D eigenvalue weighted by Gasteiger charge is -2.34. The van der Waals surface area contributed by atoms with Crippen molar-refractivity contribution in [1.82, 2.24) is 14.9 Å². The Kier molecular flexibility index (Phi) is 5.16. The number of amides is 2. The number of hydrogen-bond acceptors (Lipinski definition) is 5. The predicted octanol–water partition coefficient (Wildman–Crippen LogP) is 2.01. The number of aryl methyl sites for hydroxylation is 2. The molecule has 0 bridgehead atoms. The number of piperazine rings is 1. The van der Waals surface area contributed by atoms with Crippen molar-refractivity contribution in [2.24, 2.45) is 0 Å². The van der Waals surface area contributed by atoms with E-state index in [-0.39, 0.29) is 11.8 Å². The Hall–Kier alpha value is -2.96. The number of rotatable bonds is 3. The Bertz CT molecular complexity index is 811. The van der Waals surface area contributed by atoms with Crippen LogP contribution in [0.25, 0.3) is 0 Å². The molecule has 1 fully saturated rings. The zero-order valence-corrected chi connectivity index (χ0v) is 15.3. The maximum absolute atomic E-state index is 12.4. The van der Waals surface area contributed by atoms with Gasteiger partial charge in [0.1, 0.15) is 0 Å². The average Bonchev–Trinajstić information content (AvgIpc) is 2.65. The van der Waals surface area contributed by atoms with E-state index in [2.05, 4.69) is 15.3 Å². The van der Waals surface area contributed by atoms with Crippen LogP contribution in [0.3, 0.4) is 0 Å². The standard InChI is InChI=1S/C19H23N5O2/c1-13-4-5-14(2)17(10-13)22-18(26)16-11-20-19(21-12-16)24-8-6-23(7-9-24)15(3)25/h4-5,10-12H,6-9H2,1-3H3,(H,22,26). The van der Waals surface area contributed by atoms with Crippen LogP contribution < -0.4 is 10.2 Å². The molecule has 1 aromatic carbocycles. The van der Waals surface area contributed by atoms with Gasteiger partial charge in [-0.25, -0.2) is 9.97 Å². The van der Waals surface area contributed by atoms with Crippen LogP contribution in [-0.4, -0.2) is 52.9 Å². The highest BCUT2D eigenvalue weighted by molar-refractivity contribution is 6.04. The first-order valence-corrected chi connectivity index (χ1v) is 8.65. The number of aromatic nitrogens is 2. The Morgan fingerprint density at radius 1 is 1.04 bits per heavy atom. The highest BCUT2D eigenvalue weighted by Gasteiger charge is 2.20. The smallest absolute Gasteiger partial charge is 0.258 e. The molecule has 1 aliphatic rings. The fraction of sp³-hybridized carbons (Fsp3) is 0.368. The van der Waals surface area contributed by atoms with Crippen LogP contribution in [0.2, 0.25) is 0 Å². The van der Waals surface area contributed by atoms with Crippen LogP contribution in [0.1, 0.15) is 28.4 Å². The Labute approximate surface area is 153 Å². The molecule has 0 atom stereocenters. The normalized spacial score (nSPS) is 14.3. The summed E-state index contributed by atoms with van der Waals surface area (Å²) in [6.45, 7) is 8.21. The Balaban J connectivity index is 1.65. The molecule has 26 heavy (non-hydrogen) atoms. The molecular weight excluding hydrogens is 330 g/mol. The van der Waals surface area contributed by atoms with Gasteiger partial charge >= 0.3 is 0 Å². The van der Waals surface area contributed by atoms with E-state index < -0.39 is 0 Å². The van der Waals surface area contributed by atoms with Crippen LogP contribution in [0, 0.1) is 13.8 Å². The predicted molar refractivity (Wildman–Crippen MR) is 100 cm³/mol. The molecule has 0 radical (unpaired) electrons. The molecule has 0 saturated carbocycles. The monoisotopic (exact) mass is 353 g/mol. The van der Waals surface area contributed by atoms with E-state index in [4.69, 9.17) is 0 Å². The second-order valence-electron chi connectivity index (χ2n) is 6.54. The summed E-state index contributed by atoms with van der Waals surface area (Å²) in [7, 11) is 0. The number of benzene rings is 1. The average molecular weight is 353 g/mol. The van der Waals surface area contributed by atoms with Crippen molar-refractivity contribution in [2.45, 2.75) is 20.8 Å². The molecule has 2 heterocycles. The maximum atomic E-state index is 12.4. The van der Waals surface area contributed by atoms with Crippen LogP contribution >= 0.6 is 0 Å². The third-order valence-electron chi connectivity index (χ3n) is 4.55. The molecule has 1 aliphatic heterocycles. The molecule has 1 N–H and O–H groups in total. The lowest BCUT2D eigenvalue weighted by molar-refractivity contribution is -0.129. The van der Waals surface area contributed by atoms with Crippen molar-refractivity contribution >= 4 is 23.5 Å². The summed E-state index contributed by atoms with van der Waals surface area (Å²) in [5.74, 6) is 0.437. The van der Waals surface area contributed by atoms with Crippen molar-refractivity contribution in [3.8, 4) is 0 Å². The largest absolute Gasteiger partial charge is 0.339 e. The summed E-state index contributed by atoms with van der Waals surface area (Å²) in [6, 6.07) is 5.93. The lowest BCUT2D eigenvalue weighted by atomic mass is 10.1. The topological polar surface area (TPSA) is 78.4 Å². The molecule has 1 saturated heterocycles. The SMILES string of the molecule is CC(=O)N1CCN(c2ncc(C(=O)Nc3cc(C)ccc3C)cn2)CC1. The first-order chi connectivity index (χ1) is 12.4. The van der Waals surface area contributed by atoms with Crippen molar-refractivity contribution in [1.29, 1.82) is 0 Å². The Morgan fingerprint density at radius 2 is 1.69 bits per heavy atom. The van der Waals surface area contributed by atoms with Crippen molar-refractivity contribution in [3.63, 3.8) is 0 Å². The number of nitrogens with one attached hydrogen (secondary N) is 1. The minimum absolute atomic E-state index is 0.0871. The van der Waals surface area contributed by atoms with E-state index in [1.54, 1.807) is 19.3 Å². The lowest BCUT2D eigenvalue weighted by Crippen LogP contribution is -2.48.